The number of hydrogen-bond acceptors (Lipinski definition) is 4. The Bertz CT molecular complexity index is 823. The minimum atomic E-state index is -0.636. The molecule has 0 radical (unpaired) electrons. The summed E-state index contributed by atoms with van der Waals surface area (Å²) in [6.45, 7) is 6.08. The zero-order valence-electron chi connectivity index (χ0n) is 17.8. The maximum absolute atomic E-state index is 13.2. The molecule has 2 aromatic rings. The van der Waals surface area contributed by atoms with Crippen LogP contribution in [-0.2, 0) is 22.5 Å². The van der Waals surface area contributed by atoms with Gasteiger partial charge in [-0.15, -0.1) is 0 Å². The molecule has 1 fully saturated rings. The number of carbonyl (C=O) groups excluding carboxylic acids is 2. The van der Waals surface area contributed by atoms with Crippen LogP contribution >= 0.6 is 0 Å². The number of nitrogens with zero attached hydrogens (tertiary/aromatic N) is 2. The summed E-state index contributed by atoms with van der Waals surface area (Å²) in [6, 6.07) is 17.7. The van der Waals surface area contributed by atoms with E-state index in [1.54, 1.807) is 0 Å². The van der Waals surface area contributed by atoms with Gasteiger partial charge >= 0.3 is 6.09 Å². The average molecular weight is 410 g/mol. The number of rotatable bonds is 6. The third-order valence-corrected chi connectivity index (χ3v) is 5.49. The zero-order valence-corrected chi connectivity index (χ0v) is 17.8. The van der Waals surface area contributed by atoms with Crippen LogP contribution in [-0.4, -0.2) is 61.1 Å². The number of benzene rings is 2. The molecule has 2 aromatic carbocycles. The fourth-order valence-electron chi connectivity index (χ4n) is 3.77. The number of methoxy groups -OCH3 is 1. The maximum atomic E-state index is 13.2. The van der Waals surface area contributed by atoms with Crippen molar-refractivity contribution in [3.05, 3.63) is 71.3 Å². The highest BCUT2D eigenvalue weighted by molar-refractivity contribution is 5.86. The van der Waals surface area contributed by atoms with Crippen molar-refractivity contribution < 1.29 is 14.3 Å². The summed E-state index contributed by atoms with van der Waals surface area (Å²) in [5.41, 5.74) is 3.55. The summed E-state index contributed by atoms with van der Waals surface area (Å²) >= 11 is 0. The fourth-order valence-corrected chi connectivity index (χ4v) is 3.77. The molecule has 160 valence electrons. The van der Waals surface area contributed by atoms with Crippen LogP contribution in [0.3, 0.4) is 0 Å². The maximum Gasteiger partial charge on any atom is 0.407 e. The van der Waals surface area contributed by atoms with Crippen molar-refractivity contribution in [1.29, 1.82) is 0 Å². The normalized spacial score (nSPS) is 15.9. The van der Waals surface area contributed by atoms with Crippen LogP contribution in [0, 0.1) is 6.92 Å². The second kappa shape index (κ2) is 10.8. The van der Waals surface area contributed by atoms with Gasteiger partial charge in [0.25, 0.3) is 0 Å². The Kier molecular flexibility index (Phi) is 7.85. The highest BCUT2D eigenvalue weighted by Gasteiger charge is 2.28. The molecular formula is C24H31N3O3. The molecule has 6 nitrogen and oxygen atoms in total. The third kappa shape index (κ3) is 6.32. The Hall–Kier alpha value is -2.86. The van der Waals surface area contributed by atoms with Crippen molar-refractivity contribution >= 4 is 12.0 Å². The first kappa shape index (κ1) is 21.8. The Morgan fingerprint density at radius 3 is 2.40 bits per heavy atom. The molecule has 6 heteroatoms. The van der Waals surface area contributed by atoms with E-state index in [1.807, 2.05) is 35.2 Å². The van der Waals surface area contributed by atoms with Gasteiger partial charge in [-0.25, -0.2) is 4.79 Å². The Morgan fingerprint density at radius 1 is 0.967 bits per heavy atom. The molecule has 30 heavy (non-hydrogen) atoms. The number of amides is 2. The van der Waals surface area contributed by atoms with Gasteiger partial charge in [0.2, 0.25) is 5.91 Å². The van der Waals surface area contributed by atoms with Gasteiger partial charge in [-0.3, -0.25) is 9.69 Å². The van der Waals surface area contributed by atoms with Gasteiger partial charge < -0.3 is 15.0 Å². The Labute approximate surface area is 178 Å². The van der Waals surface area contributed by atoms with E-state index in [1.165, 1.54) is 18.2 Å². The van der Waals surface area contributed by atoms with Crippen LogP contribution in [0.15, 0.2) is 54.6 Å². The topological polar surface area (TPSA) is 61.9 Å². The summed E-state index contributed by atoms with van der Waals surface area (Å²) in [5, 5.41) is 2.72. The van der Waals surface area contributed by atoms with Crippen molar-refractivity contribution in [2.45, 2.75) is 32.4 Å². The van der Waals surface area contributed by atoms with Crippen molar-refractivity contribution in [3.63, 3.8) is 0 Å². The molecule has 1 heterocycles. The standard InChI is InChI=1S/C24H31N3O3/c1-19-9-11-21(12-10-19)18-26-13-6-14-27(16-15-26)23(28)22(25-24(29)30-2)17-20-7-4-3-5-8-20/h3-5,7-12,22H,6,13-18H2,1-2H3,(H,25,29). The monoisotopic (exact) mass is 409 g/mol. The summed E-state index contributed by atoms with van der Waals surface area (Å²) in [7, 11) is 1.31. The van der Waals surface area contributed by atoms with Crippen LogP contribution in [0.4, 0.5) is 4.79 Å². The molecule has 2 amide bonds. The van der Waals surface area contributed by atoms with Crippen molar-refractivity contribution in [3.8, 4) is 0 Å². The molecule has 0 aromatic heterocycles. The SMILES string of the molecule is COC(=O)NC(Cc1ccccc1)C(=O)N1CCCN(Cc2ccc(C)cc2)CC1. The molecule has 0 spiro atoms. The summed E-state index contributed by atoms with van der Waals surface area (Å²) < 4.78 is 4.74. The second-order valence-corrected chi connectivity index (χ2v) is 7.82. The minimum Gasteiger partial charge on any atom is -0.453 e. The largest absolute Gasteiger partial charge is 0.453 e. The predicted molar refractivity (Wildman–Crippen MR) is 117 cm³/mol. The number of nitrogens with one attached hydrogen (secondary N) is 1. The van der Waals surface area contributed by atoms with E-state index in [2.05, 4.69) is 41.4 Å². The van der Waals surface area contributed by atoms with Crippen molar-refractivity contribution in [2.24, 2.45) is 0 Å². The van der Waals surface area contributed by atoms with E-state index in [0.717, 1.165) is 31.6 Å². The molecular weight excluding hydrogens is 378 g/mol. The van der Waals surface area contributed by atoms with Gasteiger partial charge in [-0.05, 0) is 24.5 Å². The first-order chi connectivity index (χ1) is 14.5. The van der Waals surface area contributed by atoms with Crippen LogP contribution in [0.25, 0.3) is 0 Å². The number of hydrogen-bond donors (Lipinski definition) is 1. The lowest BCUT2D eigenvalue weighted by Crippen LogP contribution is -2.50. The van der Waals surface area contributed by atoms with Crippen molar-refractivity contribution in [2.75, 3.05) is 33.3 Å². The number of alkyl carbamates (subject to hydrolysis) is 1. The molecule has 0 saturated carbocycles. The summed E-state index contributed by atoms with van der Waals surface area (Å²) in [6.07, 6.45) is 0.770. The lowest BCUT2D eigenvalue weighted by molar-refractivity contribution is -0.133. The van der Waals surface area contributed by atoms with Gasteiger partial charge in [0.05, 0.1) is 7.11 Å². The molecule has 1 saturated heterocycles. The van der Waals surface area contributed by atoms with E-state index in [4.69, 9.17) is 4.74 Å². The lowest BCUT2D eigenvalue weighted by Gasteiger charge is -2.27. The van der Waals surface area contributed by atoms with E-state index in [0.29, 0.717) is 19.5 Å². The molecule has 0 aliphatic carbocycles. The molecule has 1 unspecified atom stereocenters. The third-order valence-electron chi connectivity index (χ3n) is 5.49. The van der Waals surface area contributed by atoms with Gasteiger partial charge in [0, 0.05) is 39.1 Å². The van der Waals surface area contributed by atoms with E-state index in [-0.39, 0.29) is 5.91 Å². The molecule has 1 atom stereocenters. The van der Waals surface area contributed by atoms with Crippen molar-refractivity contribution in [1.82, 2.24) is 15.1 Å². The molecule has 1 aliphatic rings. The highest BCUT2D eigenvalue weighted by Crippen LogP contribution is 2.13. The van der Waals surface area contributed by atoms with Crippen LogP contribution in [0.5, 0.6) is 0 Å². The van der Waals surface area contributed by atoms with E-state index >= 15 is 0 Å². The average Bonchev–Trinajstić information content (AvgIpc) is 3.00. The number of carbonyl (C=O) groups is 2. The number of aryl methyl sites for hydroxylation is 1. The van der Waals surface area contributed by atoms with Gasteiger partial charge in [0.15, 0.2) is 0 Å². The van der Waals surface area contributed by atoms with E-state index < -0.39 is 12.1 Å². The second-order valence-electron chi connectivity index (χ2n) is 7.82. The predicted octanol–water partition coefficient (Wildman–Crippen LogP) is 3.00. The first-order valence-corrected chi connectivity index (χ1v) is 10.5. The lowest BCUT2D eigenvalue weighted by atomic mass is 10.0. The van der Waals surface area contributed by atoms with Gasteiger partial charge in [-0.1, -0.05) is 60.2 Å². The Balaban J connectivity index is 1.62. The van der Waals surface area contributed by atoms with Crippen LogP contribution in [0.1, 0.15) is 23.1 Å². The summed E-state index contributed by atoms with van der Waals surface area (Å²) in [5.74, 6) is -0.0542. The Morgan fingerprint density at radius 2 is 1.70 bits per heavy atom. The minimum absolute atomic E-state index is 0.0542. The fraction of sp³-hybridized carbons (Fsp3) is 0.417. The molecule has 0 bridgehead atoms. The molecule has 1 N–H and O–H groups in total. The quantitative estimate of drug-likeness (QED) is 0.797. The van der Waals surface area contributed by atoms with E-state index in [9.17, 15) is 9.59 Å². The first-order valence-electron chi connectivity index (χ1n) is 10.5. The summed E-state index contributed by atoms with van der Waals surface area (Å²) in [4.78, 5) is 29.3. The molecule has 3 rings (SSSR count). The number of ether oxygens (including phenoxy) is 1. The van der Waals surface area contributed by atoms with Crippen LogP contribution < -0.4 is 5.32 Å². The van der Waals surface area contributed by atoms with Crippen LogP contribution in [0.2, 0.25) is 0 Å². The van der Waals surface area contributed by atoms with Gasteiger partial charge in [0.1, 0.15) is 6.04 Å². The zero-order chi connectivity index (χ0) is 21.3. The molecule has 1 aliphatic heterocycles. The smallest absolute Gasteiger partial charge is 0.407 e. The van der Waals surface area contributed by atoms with Gasteiger partial charge in [-0.2, -0.15) is 0 Å². The highest BCUT2D eigenvalue weighted by atomic mass is 16.5.